The third-order valence-electron chi connectivity index (χ3n) is 4.01. The largest absolute Gasteiger partial charge is 0.409 e. The van der Waals surface area contributed by atoms with Crippen LogP contribution >= 0.6 is 0 Å². The Bertz CT molecular complexity index is 464. The molecule has 0 spiro atoms. The lowest BCUT2D eigenvalue weighted by molar-refractivity contribution is 0.318. The van der Waals surface area contributed by atoms with Crippen LogP contribution in [0.4, 0.5) is 5.69 Å². The van der Waals surface area contributed by atoms with Crippen molar-refractivity contribution < 1.29 is 5.21 Å². The second-order valence-corrected chi connectivity index (χ2v) is 5.49. The molecule has 1 aliphatic rings. The molecule has 4 nitrogen and oxygen atoms in total. The number of oxime groups is 1. The Morgan fingerprint density at radius 3 is 2.74 bits per heavy atom. The molecule has 1 aromatic rings. The van der Waals surface area contributed by atoms with Gasteiger partial charge in [-0.05, 0) is 37.3 Å². The van der Waals surface area contributed by atoms with Gasteiger partial charge in [0.2, 0.25) is 0 Å². The molecule has 0 aromatic heterocycles. The molecular formula is C15H23N3O. The van der Waals surface area contributed by atoms with Crippen molar-refractivity contribution in [3.8, 4) is 0 Å². The summed E-state index contributed by atoms with van der Waals surface area (Å²) in [4.78, 5) is 2.25. The van der Waals surface area contributed by atoms with Gasteiger partial charge < -0.3 is 15.8 Å². The minimum Gasteiger partial charge on any atom is -0.409 e. The number of nitrogens with two attached hydrogens (primary N) is 1. The Hall–Kier alpha value is -1.71. The predicted molar refractivity (Wildman–Crippen MR) is 78.9 cm³/mol. The number of rotatable bonds is 4. The van der Waals surface area contributed by atoms with Crippen LogP contribution in [-0.2, 0) is 0 Å². The van der Waals surface area contributed by atoms with Crippen molar-refractivity contribution in [3.63, 3.8) is 0 Å². The maximum atomic E-state index is 8.91. The van der Waals surface area contributed by atoms with E-state index in [0.29, 0.717) is 0 Å². The van der Waals surface area contributed by atoms with Gasteiger partial charge in [0.15, 0.2) is 5.84 Å². The highest BCUT2D eigenvalue weighted by Crippen LogP contribution is 2.29. The first-order chi connectivity index (χ1) is 9.13. The molecule has 0 saturated heterocycles. The molecule has 1 aliphatic carbocycles. The maximum Gasteiger partial charge on any atom is 0.172 e. The monoisotopic (exact) mass is 261 g/mol. The number of aryl methyl sites for hydroxylation is 1. The molecule has 0 unspecified atom stereocenters. The summed E-state index contributed by atoms with van der Waals surface area (Å²) in [6.07, 6.45) is 5.32. The van der Waals surface area contributed by atoms with E-state index in [2.05, 4.69) is 30.1 Å². The number of hydrogen-bond acceptors (Lipinski definition) is 3. The van der Waals surface area contributed by atoms with Crippen LogP contribution in [0, 0.1) is 12.8 Å². The van der Waals surface area contributed by atoms with Crippen LogP contribution in [0.1, 0.15) is 36.8 Å². The van der Waals surface area contributed by atoms with Crippen molar-refractivity contribution in [2.45, 2.75) is 32.6 Å². The van der Waals surface area contributed by atoms with Crippen molar-refractivity contribution in [3.05, 3.63) is 29.3 Å². The molecule has 0 radical (unpaired) electrons. The Morgan fingerprint density at radius 1 is 1.42 bits per heavy atom. The minimum atomic E-state index is 0.178. The smallest absolute Gasteiger partial charge is 0.172 e. The van der Waals surface area contributed by atoms with Crippen LogP contribution in [0.15, 0.2) is 23.4 Å². The van der Waals surface area contributed by atoms with Gasteiger partial charge in [0.05, 0.1) is 5.69 Å². The standard InChI is InChI=1S/C15H23N3O/c1-11-6-5-9-13(15(16)17-19)14(11)18(2)10-12-7-3-4-8-12/h5-6,9,12,19H,3-4,7-8,10H2,1-2H3,(H2,16,17). The lowest BCUT2D eigenvalue weighted by Gasteiger charge is -2.27. The highest BCUT2D eigenvalue weighted by Gasteiger charge is 2.20. The molecule has 2 rings (SSSR count). The van der Waals surface area contributed by atoms with Crippen molar-refractivity contribution in [1.82, 2.24) is 0 Å². The number of benzene rings is 1. The summed E-state index contributed by atoms with van der Waals surface area (Å²) in [5.74, 6) is 0.946. The van der Waals surface area contributed by atoms with Crippen LogP contribution < -0.4 is 10.6 Å². The lowest BCUT2D eigenvalue weighted by atomic mass is 10.0. The van der Waals surface area contributed by atoms with Gasteiger partial charge in [-0.2, -0.15) is 0 Å². The molecule has 0 aliphatic heterocycles. The quantitative estimate of drug-likeness (QED) is 0.379. The maximum absolute atomic E-state index is 8.91. The predicted octanol–water partition coefficient (Wildman–Crippen LogP) is 2.72. The second-order valence-electron chi connectivity index (χ2n) is 5.49. The molecule has 0 amide bonds. The fourth-order valence-electron chi connectivity index (χ4n) is 3.10. The summed E-state index contributed by atoms with van der Waals surface area (Å²) in [6.45, 7) is 3.10. The molecule has 0 heterocycles. The van der Waals surface area contributed by atoms with Crippen molar-refractivity contribution >= 4 is 11.5 Å². The van der Waals surface area contributed by atoms with Gasteiger partial charge >= 0.3 is 0 Å². The number of amidine groups is 1. The highest BCUT2D eigenvalue weighted by molar-refractivity contribution is 6.02. The number of nitrogens with zero attached hydrogens (tertiary/aromatic N) is 2. The summed E-state index contributed by atoms with van der Waals surface area (Å²) >= 11 is 0. The molecular weight excluding hydrogens is 238 g/mol. The van der Waals surface area contributed by atoms with Gasteiger partial charge in [-0.3, -0.25) is 0 Å². The first-order valence-corrected chi connectivity index (χ1v) is 6.92. The summed E-state index contributed by atoms with van der Waals surface area (Å²) in [7, 11) is 2.09. The molecule has 1 aromatic carbocycles. The van der Waals surface area contributed by atoms with Crippen molar-refractivity contribution in [2.75, 3.05) is 18.5 Å². The summed E-state index contributed by atoms with van der Waals surface area (Å²) in [6, 6.07) is 5.91. The van der Waals surface area contributed by atoms with Crippen molar-refractivity contribution in [1.29, 1.82) is 0 Å². The fourth-order valence-corrected chi connectivity index (χ4v) is 3.10. The van der Waals surface area contributed by atoms with Gasteiger partial charge in [0, 0.05) is 19.2 Å². The number of para-hydroxylation sites is 1. The zero-order valence-corrected chi connectivity index (χ0v) is 11.8. The van der Waals surface area contributed by atoms with E-state index in [-0.39, 0.29) is 5.84 Å². The average Bonchev–Trinajstić information content (AvgIpc) is 2.90. The van der Waals surface area contributed by atoms with Crippen LogP contribution in [0.2, 0.25) is 0 Å². The molecule has 0 bridgehead atoms. The number of hydrogen-bond donors (Lipinski definition) is 2. The average molecular weight is 261 g/mol. The zero-order chi connectivity index (χ0) is 13.8. The Balaban J connectivity index is 2.26. The molecule has 104 valence electrons. The van der Waals surface area contributed by atoms with Gasteiger partial charge in [-0.1, -0.05) is 30.1 Å². The molecule has 0 atom stereocenters. The Morgan fingerprint density at radius 2 is 2.11 bits per heavy atom. The lowest BCUT2D eigenvalue weighted by Crippen LogP contribution is -2.28. The van der Waals surface area contributed by atoms with Crippen LogP contribution in [0.25, 0.3) is 0 Å². The third kappa shape index (κ3) is 3.00. The topological polar surface area (TPSA) is 61.9 Å². The SMILES string of the molecule is Cc1cccc(/C(N)=N/O)c1N(C)CC1CCCC1. The Kier molecular flexibility index (Phi) is 4.30. The van der Waals surface area contributed by atoms with Gasteiger partial charge in [0.1, 0.15) is 0 Å². The second kappa shape index (κ2) is 5.95. The van der Waals surface area contributed by atoms with E-state index in [4.69, 9.17) is 10.9 Å². The third-order valence-corrected chi connectivity index (χ3v) is 4.01. The van der Waals surface area contributed by atoms with E-state index in [9.17, 15) is 0 Å². The van der Waals surface area contributed by atoms with Crippen molar-refractivity contribution in [2.24, 2.45) is 16.8 Å². The minimum absolute atomic E-state index is 0.178. The van der Waals surface area contributed by atoms with Gasteiger partial charge in [-0.15, -0.1) is 0 Å². The normalized spacial score (nSPS) is 16.8. The molecule has 4 heteroatoms. The van der Waals surface area contributed by atoms with Crippen LogP contribution in [0.5, 0.6) is 0 Å². The van der Waals surface area contributed by atoms with E-state index in [1.54, 1.807) is 0 Å². The molecule has 3 N–H and O–H groups in total. The zero-order valence-electron chi connectivity index (χ0n) is 11.8. The fraction of sp³-hybridized carbons (Fsp3) is 0.533. The molecule has 1 fully saturated rings. The van der Waals surface area contributed by atoms with Crippen LogP contribution in [-0.4, -0.2) is 24.6 Å². The first-order valence-electron chi connectivity index (χ1n) is 6.92. The van der Waals surface area contributed by atoms with E-state index in [1.165, 1.54) is 25.7 Å². The summed E-state index contributed by atoms with van der Waals surface area (Å²) in [5.41, 5.74) is 8.82. The van der Waals surface area contributed by atoms with Gasteiger partial charge in [-0.25, -0.2) is 0 Å². The number of anilines is 1. The molecule has 1 saturated carbocycles. The van der Waals surface area contributed by atoms with E-state index in [0.717, 1.165) is 29.3 Å². The van der Waals surface area contributed by atoms with Crippen LogP contribution in [0.3, 0.4) is 0 Å². The summed E-state index contributed by atoms with van der Waals surface area (Å²) in [5, 5.41) is 12.1. The van der Waals surface area contributed by atoms with E-state index >= 15 is 0 Å². The van der Waals surface area contributed by atoms with E-state index in [1.807, 2.05) is 12.1 Å². The van der Waals surface area contributed by atoms with Gasteiger partial charge in [0.25, 0.3) is 0 Å². The molecule has 19 heavy (non-hydrogen) atoms. The highest BCUT2D eigenvalue weighted by atomic mass is 16.4. The summed E-state index contributed by atoms with van der Waals surface area (Å²) < 4.78 is 0. The Labute approximate surface area is 114 Å². The first kappa shape index (κ1) is 13.7. The van der Waals surface area contributed by atoms with E-state index < -0.39 is 0 Å².